The van der Waals surface area contributed by atoms with Crippen LogP contribution in [-0.4, -0.2) is 17.8 Å². The molecule has 1 aromatic carbocycles. The molecule has 1 heterocycles. The van der Waals surface area contributed by atoms with E-state index in [-0.39, 0.29) is 6.10 Å². The van der Waals surface area contributed by atoms with Crippen LogP contribution >= 0.6 is 0 Å². The summed E-state index contributed by atoms with van der Waals surface area (Å²) in [4.78, 5) is 0. The number of ether oxygens (including phenoxy) is 1. The Hall–Kier alpha value is -0.860. The molecule has 0 aliphatic carbocycles. The SMILES string of the molecule is CCCCc1ccc(C(O)C2CCCCO2)cc1. The van der Waals surface area contributed by atoms with Gasteiger partial charge in [0, 0.05) is 6.61 Å². The Bertz CT molecular complexity index is 339. The maximum Gasteiger partial charge on any atom is 0.105 e. The number of unbranched alkanes of at least 4 members (excludes halogenated alkanes) is 1. The molecule has 2 atom stereocenters. The van der Waals surface area contributed by atoms with Gasteiger partial charge in [0.15, 0.2) is 0 Å². The van der Waals surface area contributed by atoms with Gasteiger partial charge in [-0.25, -0.2) is 0 Å². The van der Waals surface area contributed by atoms with Crippen molar-refractivity contribution in [3.63, 3.8) is 0 Å². The van der Waals surface area contributed by atoms with Crippen molar-refractivity contribution in [1.82, 2.24) is 0 Å². The Morgan fingerprint density at radius 1 is 1.28 bits per heavy atom. The van der Waals surface area contributed by atoms with Crippen molar-refractivity contribution in [2.45, 2.75) is 57.7 Å². The topological polar surface area (TPSA) is 29.5 Å². The number of aliphatic hydroxyl groups is 1. The van der Waals surface area contributed by atoms with Crippen LogP contribution in [0.25, 0.3) is 0 Å². The van der Waals surface area contributed by atoms with Crippen LogP contribution in [0.1, 0.15) is 56.3 Å². The van der Waals surface area contributed by atoms with Crippen LogP contribution in [0.4, 0.5) is 0 Å². The van der Waals surface area contributed by atoms with Crippen LogP contribution < -0.4 is 0 Å². The zero-order valence-corrected chi connectivity index (χ0v) is 11.3. The van der Waals surface area contributed by atoms with Gasteiger partial charge in [0.2, 0.25) is 0 Å². The lowest BCUT2D eigenvalue weighted by Crippen LogP contribution is -2.26. The Kier molecular flexibility index (Phi) is 5.21. The number of aliphatic hydroxyl groups excluding tert-OH is 1. The summed E-state index contributed by atoms with van der Waals surface area (Å²) in [7, 11) is 0. The highest BCUT2D eigenvalue weighted by Crippen LogP contribution is 2.26. The van der Waals surface area contributed by atoms with Gasteiger partial charge in [0.25, 0.3) is 0 Å². The maximum absolute atomic E-state index is 10.3. The Morgan fingerprint density at radius 3 is 2.67 bits per heavy atom. The summed E-state index contributed by atoms with van der Waals surface area (Å²) < 4.78 is 5.64. The molecule has 1 aromatic rings. The van der Waals surface area contributed by atoms with Crippen LogP contribution in [0, 0.1) is 0 Å². The molecule has 18 heavy (non-hydrogen) atoms. The summed E-state index contributed by atoms with van der Waals surface area (Å²) in [5.74, 6) is 0. The van der Waals surface area contributed by atoms with Crippen LogP contribution in [0.15, 0.2) is 24.3 Å². The third kappa shape index (κ3) is 3.56. The van der Waals surface area contributed by atoms with Gasteiger partial charge in [-0.3, -0.25) is 0 Å². The predicted octanol–water partition coefficient (Wildman–Crippen LogP) is 3.63. The average Bonchev–Trinajstić information content (AvgIpc) is 2.46. The Labute approximate surface area is 110 Å². The minimum absolute atomic E-state index is 0.0137. The van der Waals surface area contributed by atoms with Crippen LogP contribution in [0.3, 0.4) is 0 Å². The van der Waals surface area contributed by atoms with Crippen molar-refractivity contribution in [2.75, 3.05) is 6.61 Å². The first-order valence-corrected chi connectivity index (χ1v) is 7.19. The van der Waals surface area contributed by atoms with Gasteiger partial charge in [-0.05, 0) is 43.2 Å². The van der Waals surface area contributed by atoms with E-state index in [2.05, 4.69) is 19.1 Å². The summed E-state index contributed by atoms with van der Waals surface area (Å²) in [6, 6.07) is 8.37. The standard InChI is InChI=1S/C16H24O2/c1-2-3-6-13-8-10-14(11-9-13)16(17)15-7-4-5-12-18-15/h8-11,15-17H,2-7,12H2,1H3. The quantitative estimate of drug-likeness (QED) is 0.862. The molecule has 0 amide bonds. The summed E-state index contributed by atoms with van der Waals surface area (Å²) >= 11 is 0. The van der Waals surface area contributed by atoms with Gasteiger partial charge >= 0.3 is 0 Å². The van der Waals surface area contributed by atoms with Crippen molar-refractivity contribution < 1.29 is 9.84 Å². The highest BCUT2D eigenvalue weighted by Gasteiger charge is 2.23. The second-order valence-electron chi connectivity index (χ2n) is 5.19. The van der Waals surface area contributed by atoms with Gasteiger partial charge in [0.1, 0.15) is 6.10 Å². The van der Waals surface area contributed by atoms with Crippen LogP contribution in [0.5, 0.6) is 0 Å². The van der Waals surface area contributed by atoms with Gasteiger partial charge in [-0.2, -0.15) is 0 Å². The van der Waals surface area contributed by atoms with Gasteiger partial charge in [-0.1, -0.05) is 37.6 Å². The molecule has 1 aliphatic rings. The number of benzene rings is 1. The molecule has 1 saturated heterocycles. The molecule has 2 nitrogen and oxygen atoms in total. The summed E-state index contributed by atoms with van der Waals surface area (Å²) in [6.07, 6.45) is 6.36. The number of aryl methyl sites for hydroxylation is 1. The predicted molar refractivity (Wildman–Crippen MR) is 73.6 cm³/mol. The first-order valence-electron chi connectivity index (χ1n) is 7.19. The average molecular weight is 248 g/mol. The van der Waals surface area contributed by atoms with Crippen molar-refractivity contribution in [2.24, 2.45) is 0 Å². The van der Waals surface area contributed by atoms with Crippen molar-refractivity contribution in [1.29, 1.82) is 0 Å². The molecular weight excluding hydrogens is 224 g/mol. The van der Waals surface area contributed by atoms with E-state index in [0.29, 0.717) is 0 Å². The molecular formula is C16H24O2. The minimum Gasteiger partial charge on any atom is -0.386 e. The first-order chi connectivity index (χ1) is 8.81. The summed E-state index contributed by atoms with van der Waals surface area (Å²) in [6.45, 7) is 2.99. The third-order valence-electron chi connectivity index (χ3n) is 3.71. The molecule has 1 aliphatic heterocycles. The van der Waals surface area contributed by atoms with Crippen molar-refractivity contribution >= 4 is 0 Å². The zero-order valence-electron chi connectivity index (χ0n) is 11.3. The largest absolute Gasteiger partial charge is 0.386 e. The molecule has 100 valence electrons. The van der Waals surface area contributed by atoms with Crippen LogP contribution in [-0.2, 0) is 11.2 Å². The molecule has 0 bridgehead atoms. The second-order valence-corrected chi connectivity index (χ2v) is 5.19. The lowest BCUT2D eigenvalue weighted by molar-refractivity contribution is -0.0633. The molecule has 2 rings (SSSR count). The Morgan fingerprint density at radius 2 is 2.06 bits per heavy atom. The summed E-state index contributed by atoms with van der Waals surface area (Å²) in [5, 5.41) is 10.3. The second kappa shape index (κ2) is 6.91. The van der Waals surface area contributed by atoms with E-state index in [1.165, 1.54) is 18.4 Å². The molecule has 1 fully saturated rings. The minimum atomic E-state index is -0.467. The number of rotatable bonds is 5. The molecule has 0 aromatic heterocycles. The van der Waals surface area contributed by atoms with E-state index in [1.807, 2.05) is 12.1 Å². The monoisotopic (exact) mass is 248 g/mol. The molecule has 2 heteroatoms. The smallest absolute Gasteiger partial charge is 0.105 e. The van der Waals surface area contributed by atoms with Crippen molar-refractivity contribution in [3.8, 4) is 0 Å². The fourth-order valence-electron chi connectivity index (χ4n) is 2.49. The van der Waals surface area contributed by atoms with E-state index in [9.17, 15) is 5.11 Å². The van der Waals surface area contributed by atoms with Gasteiger partial charge in [0.05, 0.1) is 6.10 Å². The fraction of sp³-hybridized carbons (Fsp3) is 0.625. The van der Waals surface area contributed by atoms with E-state index in [0.717, 1.165) is 37.9 Å². The van der Waals surface area contributed by atoms with Gasteiger partial charge in [-0.15, -0.1) is 0 Å². The van der Waals surface area contributed by atoms with E-state index < -0.39 is 6.10 Å². The molecule has 2 unspecified atom stereocenters. The molecule has 0 saturated carbocycles. The molecule has 0 radical (unpaired) electrons. The lowest BCUT2D eigenvalue weighted by Gasteiger charge is -2.27. The van der Waals surface area contributed by atoms with Crippen molar-refractivity contribution in [3.05, 3.63) is 35.4 Å². The van der Waals surface area contributed by atoms with E-state index in [4.69, 9.17) is 4.74 Å². The fourth-order valence-corrected chi connectivity index (χ4v) is 2.49. The molecule has 0 spiro atoms. The highest BCUT2D eigenvalue weighted by molar-refractivity contribution is 5.25. The van der Waals surface area contributed by atoms with Crippen LogP contribution in [0.2, 0.25) is 0 Å². The van der Waals surface area contributed by atoms with E-state index >= 15 is 0 Å². The summed E-state index contributed by atoms with van der Waals surface area (Å²) in [5.41, 5.74) is 2.35. The van der Waals surface area contributed by atoms with Gasteiger partial charge < -0.3 is 9.84 Å². The highest BCUT2D eigenvalue weighted by atomic mass is 16.5. The zero-order chi connectivity index (χ0) is 12.8. The third-order valence-corrected chi connectivity index (χ3v) is 3.71. The van der Waals surface area contributed by atoms with E-state index in [1.54, 1.807) is 0 Å². The lowest BCUT2D eigenvalue weighted by atomic mass is 9.97. The first kappa shape index (κ1) is 13.6. The maximum atomic E-state index is 10.3. The number of hydrogen-bond donors (Lipinski definition) is 1. The number of hydrogen-bond acceptors (Lipinski definition) is 2. The Balaban J connectivity index is 1.95. The normalized spacial score (nSPS) is 21.8. The molecule has 1 N–H and O–H groups in total.